The molecule has 2 heterocycles. The Morgan fingerprint density at radius 1 is 1.25 bits per heavy atom. The van der Waals surface area contributed by atoms with Gasteiger partial charge in [0.15, 0.2) is 0 Å². The summed E-state index contributed by atoms with van der Waals surface area (Å²) < 4.78 is 1.12. The average molecular weight is 280 g/mol. The number of carboxylic acids is 1. The fourth-order valence-electron chi connectivity index (χ4n) is 2.08. The summed E-state index contributed by atoms with van der Waals surface area (Å²) in [4.78, 5) is 37.4. The molecule has 0 spiro atoms. The molecule has 0 aromatic carbocycles. The highest BCUT2D eigenvalue weighted by Crippen LogP contribution is 2.06. The largest absolute Gasteiger partial charge is 0.480 e. The molecule has 1 aliphatic heterocycles. The number of hydrogen-bond donors (Lipinski definition) is 1. The zero-order valence-corrected chi connectivity index (χ0v) is 11.2. The van der Waals surface area contributed by atoms with Crippen molar-refractivity contribution >= 4 is 11.9 Å². The lowest BCUT2D eigenvalue weighted by Crippen LogP contribution is -2.50. The van der Waals surface area contributed by atoms with Gasteiger partial charge in [0.1, 0.15) is 5.69 Å². The zero-order valence-electron chi connectivity index (χ0n) is 11.2. The van der Waals surface area contributed by atoms with Gasteiger partial charge >= 0.3 is 5.97 Å². The fraction of sp³-hybridized carbons (Fsp3) is 0.500. The third kappa shape index (κ3) is 3.21. The van der Waals surface area contributed by atoms with E-state index in [2.05, 4.69) is 5.10 Å². The molecule has 1 N–H and O–H groups in total. The topological polar surface area (TPSA) is 95.7 Å². The van der Waals surface area contributed by atoms with Crippen LogP contribution in [0, 0.1) is 0 Å². The van der Waals surface area contributed by atoms with Crippen molar-refractivity contribution in [3.8, 4) is 0 Å². The highest BCUT2D eigenvalue weighted by atomic mass is 16.4. The third-order valence-corrected chi connectivity index (χ3v) is 3.20. The molecule has 0 unspecified atom stereocenters. The second-order valence-electron chi connectivity index (χ2n) is 4.64. The van der Waals surface area contributed by atoms with E-state index in [9.17, 15) is 14.4 Å². The van der Waals surface area contributed by atoms with E-state index >= 15 is 0 Å². The van der Waals surface area contributed by atoms with Gasteiger partial charge in [-0.3, -0.25) is 19.3 Å². The molecule has 1 amide bonds. The molecular weight excluding hydrogens is 264 g/mol. The van der Waals surface area contributed by atoms with Gasteiger partial charge in [0, 0.05) is 39.3 Å². The third-order valence-electron chi connectivity index (χ3n) is 3.20. The van der Waals surface area contributed by atoms with Gasteiger partial charge in [-0.1, -0.05) is 0 Å². The lowest BCUT2D eigenvalue weighted by molar-refractivity contribution is -0.138. The minimum absolute atomic E-state index is 0.0138. The Balaban J connectivity index is 1.99. The maximum Gasteiger partial charge on any atom is 0.317 e. The minimum Gasteiger partial charge on any atom is -0.480 e. The second kappa shape index (κ2) is 5.83. The van der Waals surface area contributed by atoms with Crippen LogP contribution in [0.5, 0.6) is 0 Å². The number of amides is 1. The number of carbonyl (C=O) groups is 2. The molecule has 1 aromatic rings. The summed E-state index contributed by atoms with van der Waals surface area (Å²) in [7, 11) is 1.49. The quantitative estimate of drug-likeness (QED) is 0.733. The van der Waals surface area contributed by atoms with Crippen molar-refractivity contribution in [3.63, 3.8) is 0 Å². The first-order valence-corrected chi connectivity index (χ1v) is 6.25. The van der Waals surface area contributed by atoms with E-state index in [1.54, 1.807) is 9.80 Å². The smallest absolute Gasteiger partial charge is 0.317 e. The van der Waals surface area contributed by atoms with Crippen molar-refractivity contribution in [1.29, 1.82) is 0 Å². The van der Waals surface area contributed by atoms with Crippen LogP contribution in [0.25, 0.3) is 0 Å². The predicted molar refractivity (Wildman–Crippen MR) is 69.5 cm³/mol. The van der Waals surface area contributed by atoms with E-state index in [1.165, 1.54) is 19.2 Å². The molecule has 8 heteroatoms. The van der Waals surface area contributed by atoms with E-state index < -0.39 is 5.97 Å². The van der Waals surface area contributed by atoms with E-state index in [-0.39, 0.29) is 23.7 Å². The van der Waals surface area contributed by atoms with Crippen molar-refractivity contribution in [1.82, 2.24) is 19.6 Å². The summed E-state index contributed by atoms with van der Waals surface area (Å²) in [5.74, 6) is -1.11. The van der Waals surface area contributed by atoms with Crippen LogP contribution in [0.15, 0.2) is 16.9 Å². The van der Waals surface area contributed by atoms with Gasteiger partial charge in [0.05, 0.1) is 6.54 Å². The lowest BCUT2D eigenvalue weighted by atomic mass is 10.2. The molecule has 1 saturated heterocycles. The standard InChI is InChI=1S/C12H16N4O4/c1-14-10(17)3-2-9(13-14)12(20)16-6-4-15(5-7-16)8-11(18)19/h2-3H,4-8H2,1H3,(H,18,19). The monoisotopic (exact) mass is 280 g/mol. The van der Waals surface area contributed by atoms with Gasteiger partial charge in [-0.15, -0.1) is 0 Å². The summed E-state index contributed by atoms with van der Waals surface area (Å²) in [6.45, 7) is 1.93. The summed E-state index contributed by atoms with van der Waals surface area (Å²) >= 11 is 0. The molecule has 1 aromatic heterocycles. The Morgan fingerprint density at radius 2 is 1.90 bits per heavy atom. The van der Waals surface area contributed by atoms with Gasteiger partial charge in [-0.2, -0.15) is 5.10 Å². The van der Waals surface area contributed by atoms with Crippen molar-refractivity contribution in [2.75, 3.05) is 32.7 Å². The molecular formula is C12H16N4O4. The molecule has 0 atom stereocenters. The van der Waals surface area contributed by atoms with Crippen LogP contribution in [-0.4, -0.2) is 69.3 Å². The minimum atomic E-state index is -0.871. The Bertz CT molecular complexity index is 575. The number of nitrogens with zero attached hydrogens (tertiary/aromatic N) is 4. The zero-order chi connectivity index (χ0) is 14.7. The first-order chi connectivity index (χ1) is 9.47. The van der Waals surface area contributed by atoms with E-state index in [4.69, 9.17) is 5.11 Å². The Labute approximate surface area is 115 Å². The van der Waals surface area contributed by atoms with Crippen LogP contribution in [0.4, 0.5) is 0 Å². The normalized spacial score (nSPS) is 16.1. The molecule has 8 nitrogen and oxygen atoms in total. The summed E-state index contributed by atoms with van der Waals surface area (Å²) in [6.07, 6.45) is 0. The van der Waals surface area contributed by atoms with Gasteiger partial charge < -0.3 is 10.0 Å². The number of hydrogen-bond acceptors (Lipinski definition) is 5. The predicted octanol–water partition coefficient (Wildman–Crippen LogP) is -1.38. The maximum absolute atomic E-state index is 12.2. The van der Waals surface area contributed by atoms with Crippen molar-refractivity contribution < 1.29 is 14.7 Å². The van der Waals surface area contributed by atoms with Gasteiger partial charge in [0.25, 0.3) is 11.5 Å². The van der Waals surface area contributed by atoms with Crippen LogP contribution in [-0.2, 0) is 11.8 Å². The van der Waals surface area contributed by atoms with E-state index in [0.717, 1.165) is 4.68 Å². The second-order valence-corrected chi connectivity index (χ2v) is 4.64. The first-order valence-electron chi connectivity index (χ1n) is 6.25. The SMILES string of the molecule is Cn1nc(C(=O)N2CCN(CC(=O)O)CC2)ccc1=O. The molecule has 1 aliphatic rings. The number of aliphatic carboxylic acids is 1. The molecule has 2 rings (SSSR count). The van der Waals surface area contributed by atoms with Crippen LogP contribution in [0.3, 0.4) is 0 Å². The Kier molecular flexibility index (Phi) is 4.14. The molecule has 0 bridgehead atoms. The summed E-state index contributed by atoms with van der Waals surface area (Å²) in [5, 5.41) is 12.6. The number of carboxylic acid groups (broad SMARTS) is 1. The summed E-state index contributed by atoms with van der Waals surface area (Å²) in [5.41, 5.74) is -0.0494. The van der Waals surface area contributed by atoms with Crippen molar-refractivity contribution in [2.24, 2.45) is 7.05 Å². The molecule has 1 fully saturated rings. The Morgan fingerprint density at radius 3 is 2.45 bits per heavy atom. The molecule has 108 valence electrons. The number of aryl methyl sites for hydroxylation is 1. The van der Waals surface area contributed by atoms with Crippen molar-refractivity contribution in [2.45, 2.75) is 0 Å². The van der Waals surface area contributed by atoms with Gasteiger partial charge in [-0.25, -0.2) is 4.68 Å². The van der Waals surface area contributed by atoms with E-state index in [1.807, 2.05) is 0 Å². The molecule has 0 aliphatic carbocycles. The van der Waals surface area contributed by atoms with Crippen molar-refractivity contribution in [3.05, 3.63) is 28.2 Å². The Hall–Kier alpha value is -2.22. The lowest BCUT2D eigenvalue weighted by Gasteiger charge is -2.33. The fourth-order valence-corrected chi connectivity index (χ4v) is 2.08. The van der Waals surface area contributed by atoms with Crippen LogP contribution in [0.2, 0.25) is 0 Å². The number of rotatable bonds is 3. The number of carbonyl (C=O) groups excluding carboxylic acids is 1. The highest BCUT2D eigenvalue weighted by molar-refractivity contribution is 5.92. The van der Waals surface area contributed by atoms with Gasteiger partial charge in [0.2, 0.25) is 0 Å². The van der Waals surface area contributed by atoms with E-state index in [0.29, 0.717) is 26.2 Å². The first kappa shape index (κ1) is 14.2. The summed E-state index contributed by atoms with van der Waals surface area (Å²) in [6, 6.07) is 2.72. The molecule has 0 radical (unpaired) electrons. The highest BCUT2D eigenvalue weighted by Gasteiger charge is 2.24. The van der Waals surface area contributed by atoms with Crippen LogP contribution >= 0.6 is 0 Å². The maximum atomic E-state index is 12.2. The van der Waals surface area contributed by atoms with Gasteiger partial charge in [-0.05, 0) is 6.07 Å². The molecule has 0 saturated carbocycles. The average Bonchev–Trinajstić information content (AvgIpc) is 2.41. The van der Waals surface area contributed by atoms with Crippen LogP contribution in [0.1, 0.15) is 10.5 Å². The molecule has 20 heavy (non-hydrogen) atoms. The van der Waals surface area contributed by atoms with Crippen LogP contribution < -0.4 is 5.56 Å². The number of aromatic nitrogens is 2. The number of piperazine rings is 1.